The average Bonchev–Trinajstić information content (AvgIpc) is 3.11. The summed E-state index contributed by atoms with van der Waals surface area (Å²) in [6.45, 7) is 3.00. The number of pyridine rings is 1. The zero-order valence-electron chi connectivity index (χ0n) is 18.0. The Hall–Kier alpha value is -2.90. The van der Waals surface area contributed by atoms with Crippen molar-refractivity contribution in [1.82, 2.24) is 19.4 Å². The summed E-state index contributed by atoms with van der Waals surface area (Å²) in [6, 6.07) is 5.73. The summed E-state index contributed by atoms with van der Waals surface area (Å²) < 4.78 is 6.59. The first kappa shape index (κ1) is 20.4. The molecule has 0 unspecified atom stereocenters. The van der Waals surface area contributed by atoms with Gasteiger partial charge < -0.3 is 14.5 Å². The Labute approximate surface area is 176 Å². The lowest BCUT2D eigenvalue weighted by molar-refractivity contribution is 0.0786. The number of likely N-dealkylation sites (tertiary alicyclic amines) is 1. The third-order valence-corrected chi connectivity index (χ3v) is 6.94. The molecule has 160 valence electrons. The quantitative estimate of drug-likeness (QED) is 0.773. The average molecular weight is 412 g/mol. The monoisotopic (exact) mass is 411 g/mol. The molecule has 8 heteroatoms. The smallest absolute Gasteiger partial charge is 0.409 e. The first-order valence-electron chi connectivity index (χ1n) is 10.4. The van der Waals surface area contributed by atoms with Crippen LogP contribution in [0, 0.1) is 5.41 Å². The van der Waals surface area contributed by atoms with Gasteiger partial charge in [-0.1, -0.05) is 6.92 Å². The molecule has 1 saturated carbocycles. The molecule has 2 aromatic rings. The number of hydrogen-bond donors (Lipinski definition) is 0. The van der Waals surface area contributed by atoms with Crippen molar-refractivity contribution < 1.29 is 9.53 Å². The molecular formula is C22H29N5O3. The van der Waals surface area contributed by atoms with E-state index in [1.54, 1.807) is 30.1 Å². The molecule has 0 N–H and O–H groups in total. The molecule has 0 radical (unpaired) electrons. The Bertz CT molecular complexity index is 992. The predicted octanol–water partition coefficient (Wildman–Crippen LogP) is 2.68. The SMILES string of the molecule is COC(=O)N1CC[C@@]2(C)C[C@@H](N(C)c3nc(-c4ccncc4)cc(=O)n3C)CC[C@@H]12. The van der Waals surface area contributed by atoms with Gasteiger partial charge in [-0.3, -0.25) is 14.3 Å². The van der Waals surface area contributed by atoms with Crippen molar-refractivity contribution in [1.29, 1.82) is 0 Å². The zero-order chi connectivity index (χ0) is 21.5. The van der Waals surface area contributed by atoms with Crippen molar-refractivity contribution >= 4 is 12.0 Å². The summed E-state index contributed by atoms with van der Waals surface area (Å²) in [5.41, 5.74) is 1.47. The summed E-state index contributed by atoms with van der Waals surface area (Å²) in [5.74, 6) is 0.657. The lowest BCUT2D eigenvalue weighted by Crippen LogP contribution is -2.50. The van der Waals surface area contributed by atoms with Crippen LogP contribution in [0.2, 0.25) is 0 Å². The van der Waals surface area contributed by atoms with E-state index in [0.29, 0.717) is 11.6 Å². The second kappa shape index (κ2) is 7.74. The van der Waals surface area contributed by atoms with E-state index in [1.807, 2.05) is 24.1 Å². The minimum Gasteiger partial charge on any atom is -0.453 e. The first-order valence-corrected chi connectivity index (χ1v) is 10.4. The highest BCUT2D eigenvalue weighted by atomic mass is 16.5. The number of carbonyl (C=O) groups is 1. The van der Waals surface area contributed by atoms with Gasteiger partial charge in [-0.05, 0) is 43.2 Å². The number of aromatic nitrogens is 3. The highest BCUT2D eigenvalue weighted by Gasteiger charge is 2.50. The molecule has 1 amide bonds. The van der Waals surface area contributed by atoms with Gasteiger partial charge in [0.15, 0.2) is 0 Å². The number of fused-ring (bicyclic) bond motifs is 1. The van der Waals surface area contributed by atoms with Crippen LogP contribution in [0.15, 0.2) is 35.4 Å². The molecule has 3 atom stereocenters. The Morgan fingerprint density at radius 1 is 1.30 bits per heavy atom. The third kappa shape index (κ3) is 3.44. The minimum atomic E-state index is -0.232. The molecule has 30 heavy (non-hydrogen) atoms. The molecule has 2 aliphatic rings. The highest BCUT2D eigenvalue weighted by Crippen LogP contribution is 2.48. The lowest BCUT2D eigenvalue weighted by Gasteiger charge is -2.45. The number of carbonyl (C=O) groups excluding carboxylic acids is 1. The fraction of sp³-hybridized carbons (Fsp3) is 0.545. The fourth-order valence-corrected chi connectivity index (χ4v) is 5.15. The number of anilines is 1. The molecular weight excluding hydrogens is 382 g/mol. The topological polar surface area (TPSA) is 80.6 Å². The molecule has 2 fully saturated rings. The van der Waals surface area contributed by atoms with E-state index in [1.165, 1.54) is 7.11 Å². The van der Waals surface area contributed by atoms with Crippen molar-refractivity contribution in [2.75, 3.05) is 25.6 Å². The van der Waals surface area contributed by atoms with Gasteiger partial charge in [0.2, 0.25) is 5.95 Å². The molecule has 3 heterocycles. The van der Waals surface area contributed by atoms with E-state index < -0.39 is 0 Å². The molecule has 8 nitrogen and oxygen atoms in total. The summed E-state index contributed by atoms with van der Waals surface area (Å²) in [7, 11) is 5.22. The molecule has 0 bridgehead atoms. The Balaban J connectivity index is 1.60. The van der Waals surface area contributed by atoms with Gasteiger partial charge in [0.1, 0.15) is 0 Å². The minimum absolute atomic E-state index is 0.0347. The Morgan fingerprint density at radius 2 is 2.03 bits per heavy atom. The summed E-state index contributed by atoms with van der Waals surface area (Å²) in [4.78, 5) is 37.7. The maximum atomic E-state index is 12.6. The van der Waals surface area contributed by atoms with Gasteiger partial charge in [0.25, 0.3) is 5.56 Å². The second-order valence-electron chi connectivity index (χ2n) is 8.70. The van der Waals surface area contributed by atoms with E-state index in [2.05, 4.69) is 16.8 Å². The number of methoxy groups -OCH3 is 1. The van der Waals surface area contributed by atoms with Gasteiger partial charge in [-0.25, -0.2) is 9.78 Å². The molecule has 1 aliphatic carbocycles. The highest BCUT2D eigenvalue weighted by molar-refractivity contribution is 5.68. The molecule has 0 spiro atoms. The Kier molecular flexibility index (Phi) is 5.26. The largest absolute Gasteiger partial charge is 0.453 e. The van der Waals surface area contributed by atoms with Crippen LogP contribution in [0.3, 0.4) is 0 Å². The normalized spacial score (nSPS) is 25.7. The number of rotatable bonds is 3. The number of hydrogen-bond acceptors (Lipinski definition) is 6. The van der Waals surface area contributed by atoms with Crippen molar-refractivity contribution in [2.24, 2.45) is 12.5 Å². The summed E-state index contributed by atoms with van der Waals surface area (Å²) >= 11 is 0. The third-order valence-electron chi connectivity index (χ3n) is 6.94. The van der Waals surface area contributed by atoms with Crippen molar-refractivity contribution in [3.8, 4) is 11.3 Å². The van der Waals surface area contributed by atoms with Crippen LogP contribution in [0.5, 0.6) is 0 Å². The maximum Gasteiger partial charge on any atom is 0.409 e. The van der Waals surface area contributed by atoms with E-state index in [0.717, 1.165) is 37.8 Å². The number of ether oxygens (including phenoxy) is 1. The summed E-state index contributed by atoms with van der Waals surface area (Å²) in [5, 5.41) is 0. The van der Waals surface area contributed by atoms with E-state index in [4.69, 9.17) is 9.72 Å². The molecule has 1 saturated heterocycles. The van der Waals surface area contributed by atoms with Gasteiger partial charge in [-0.15, -0.1) is 0 Å². The molecule has 0 aromatic carbocycles. The number of nitrogens with zero attached hydrogens (tertiary/aromatic N) is 5. The van der Waals surface area contributed by atoms with Crippen LogP contribution in [-0.4, -0.2) is 58.3 Å². The Morgan fingerprint density at radius 3 is 2.73 bits per heavy atom. The molecule has 4 rings (SSSR count). The molecule has 2 aromatic heterocycles. The van der Waals surface area contributed by atoms with E-state index >= 15 is 0 Å². The standard InChI is InChI=1S/C22H29N5O3/c1-22-9-12-27(21(29)30-4)18(22)6-5-16(14-22)25(2)20-24-17(13-19(28)26(20)3)15-7-10-23-11-8-15/h7-8,10-11,13,16,18H,5-6,9,12,14H2,1-4H3/t16-,18+,22-/m0/s1. The van der Waals surface area contributed by atoms with Gasteiger partial charge in [-0.2, -0.15) is 0 Å². The van der Waals surface area contributed by atoms with Crippen LogP contribution < -0.4 is 10.5 Å². The van der Waals surface area contributed by atoms with Gasteiger partial charge in [0.05, 0.1) is 12.8 Å². The van der Waals surface area contributed by atoms with Gasteiger partial charge >= 0.3 is 6.09 Å². The fourth-order valence-electron chi connectivity index (χ4n) is 5.15. The van der Waals surface area contributed by atoms with E-state index in [-0.39, 0.29) is 29.2 Å². The predicted molar refractivity (Wildman–Crippen MR) is 114 cm³/mol. The van der Waals surface area contributed by atoms with Crippen molar-refractivity contribution in [3.05, 3.63) is 40.9 Å². The number of amides is 1. The van der Waals surface area contributed by atoms with E-state index in [9.17, 15) is 9.59 Å². The van der Waals surface area contributed by atoms with Crippen LogP contribution in [0.1, 0.15) is 32.6 Å². The zero-order valence-corrected chi connectivity index (χ0v) is 18.0. The van der Waals surface area contributed by atoms with Crippen LogP contribution in [0.25, 0.3) is 11.3 Å². The van der Waals surface area contributed by atoms with Crippen molar-refractivity contribution in [2.45, 2.75) is 44.7 Å². The first-order chi connectivity index (χ1) is 14.3. The second-order valence-corrected chi connectivity index (χ2v) is 8.70. The van der Waals surface area contributed by atoms with Crippen LogP contribution in [0.4, 0.5) is 10.7 Å². The van der Waals surface area contributed by atoms with Gasteiger partial charge in [0, 0.05) is 56.7 Å². The summed E-state index contributed by atoms with van der Waals surface area (Å²) in [6.07, 6.45) is 6.92. The van der Waals surface area contributed by atoms with Crippen LogP contribution in [-0.2, 0) is 11.8 Å². The molecule has 1 aliphatic heterocycles. The lowest BCUT2D eigenvalue weighted by atomic mass is 9.70. The van der Waals surface area contributed by atoms with Crippen LogP contribution >= 0.6 is 0 Å². The maximum absolute atomic E-state index is 12.6. The van der Waals surface area contributed by atoms with Crippen molar-refractivity contribution in [3.63, 3.8) is 0 Å².